The van der Waals surface area contributed by atoms with Crippen LogP contribution in [0.4, 0.5) is 13.9 Å². The average molecular weight is 497 g/mol. The number of nitrogens with zero attached hydrogens (tertiary/aromatic N) is 2. The fourth-order valence-electron chi connectivity index (χ4n) is 3.80. The molecule has 1 saturated heterocycles. The number of piperidine rings is 1. The van der Waals surface area contributed by atoms with E-state index in [4.69, 9.17) is 9.47 Å². The maximum atomic E-state index is 14.7. The predicted molar refractivity (Wildman–Crippen MR) is 119 cm³/mol. The van der Waals surface area contributed by atoms with E-state index in [0.29, 0.717) is 12.6 Å². The van der Waals surface area contributed by atoms with E-state index in [9.17, 15) is 17.2 Å². The SMILES string of the molecule is COc1ccc([C@@H]2CCNCC2COc2cc(F)c(S(=O)(=O)Nc3ncns3)cc2F)cc1. The summed E-state index contributed by atoms with van der Waals surface area (Å²) < 4.78 is 70.6. The number of nitrogens with one attached hydrogen (secondary N) is 2. The number of halogens is 2. The van der Waals surface area contributed by atoms with Crippen LogP contribution in [-0.2, 0) is 10.0 Å². The molecule has 0 bridgehead atoms. The van der Waals surface area contributed by atoms with Crippen LogP contribution in [0.25, 0.3) is 0 Å². The van der Waals surface area contributed by atoms with E-state index in [1.54, 1.807) is 7.11 Å². The minimum Gasteiger partial charge on any atom is -0.497 e. The molecule has 0 aliphatic carbocycles. The number of hydrogen-bond acceptors (Lipinski definition) is 8. The molecule has 4 rings (SSSR count). The van der Waals surface area contributed by atoms with E-state index < -0.39 is 26.6 Å². The summed E-state index contributed by atoms with van der Waals surface area (Å²) in [7, 11) is -2.77. The normalized spacial score (nSPS) is 18.6. The second kappa shape index (κ2) is 9.98. The van der Waals surface area contributed by atoms with Crippen molar-refractivity contribution in [3.8, 4) is 11.5 Å². The molecule has 1 aliphatic heterocycles. The van der Waals surface area contributed by atoms with Gasteiger partial charge in [-0.25, -0.2) is 22.2 Å². The van der Waals surface area contributed by atoms with Gasteiger partial charge in [-0.1, -0.05) is 12.1 Å². The molecule has 176 valence electrons. The number of ether oxygens (including phenoxy) is 2. The first-order valence-corrected chi connectivity index (χ1v) is 12.4. The first-order chi connectivity index (χ1) is 15.9. The van der Waals surface area contributed by atoms with Gasteiger partial charge in [-0.3, -0.25) is 4.72 Å². The van der Waals surface area contributed by atoms with Crippen molar-refractivity contribution in [2.45, 2.75) is 17.2 Å². The van der Waals surface area contributed by atoms with E-state index in [1.807, 2.05) is 24.3 Å². The molecular formula is C21H22F2N4O4S2. The van der Waals surface area contributed by atoms with Crippen LogP contribution in [0.5, 0.6) is 11.5 Å². The smallest absolute Gasteiger partial charge is 0.266 e. The lowest BCUT2D eigenvalue weighted by molar-refractivity contribution is 0.190. The van der Waals surface area contributed by atoms with Gasteiger partial charge in [0, 0.05) is 36.1 Å². The maximum Gasteiger partial charge on any atom is 0.266 e. The van der Waals surface area contributed by atoms with Crippen LogP contribution in [0, 0.1) is 17.6 Å². The van der Waals surface area contributed by atoms with Crippen LogP contribution in [0.1, 0.15) is 17.9 Å². The van der Waals surface area contributed by atoms with Crippen LogP contribution in [0.15, 0.2) is 47.6 Å². The van der Waals surface area contributed by atoms with Gasteiger partial charge in [0.05, 0.1) is 13.7 Å². The van der Waals surface area contributed by atoms with Crippen LogP contribution in [-0.4, -0.2) is 44.6 Å². The van der Waals surface area contributed by atoms with Crippen molar-refractivity contribution in [2.75, 3.05) is 31.5 Å². The van der Waals surface area contributed by atoms with Gasteiger partial charge in [-0.15, -0.1) is 0 Å². The van der Waals surface area contributed by atoms with Crippen molar-refractivity contribution in [3.05, 3.63) is 59.9 Å². The number of sulfonamides is 1. The molecule has 0 radical (unpaired) electrons. The lowest BCUT2D eigenvalue weighted by Gasteiger charge is -2.32. The summed E-state index contributed by atoms with van der Waals surface area (Å²) in [6.45, 7) is 1.62. The van der Waals surface area contributed by atoms with Crippen molar-refractivity contribution >= 4 is 26.7 Å². The Labute approximate surface area is 194 Å². The minimum absolute atomic E-state index is 0.0112. The van der Waals surface area contributed by atoms with Crippen LogP contribution in [0.3, 0.4) is 0 Å². The molecule has 0 saturated carbocycles. The fraction of sp³-hybridized carbons (Fsp3) is 0.333. The van der Waals surface area contributed by atoms with Crippen molar-refractivity contribution in [2.24, 2.45) is 5.92 Å². The van der Waals surface area contributed by atoms with Gasteiger partial charge in [0.15, 0.2) is 11.6 Å². The quantitative estimate of drug-likeness (QED) is 0.493. The number of benzene rings is 2. The summed E-state index contributed by atoms with van der Waals surface area (Å²) in [6, 6.07) is 9.12. The molecule has 2 N–H and O–H groups in total. The summed E-state index contributed by atoms with van der Waals surface area (Å²) in [4.78, 5) is 2.85. The third kappa shape index (κ3) is 5.40. The molecule has 0 spiro atoms. The lowest BCUT2D eigenvalue weighted by atomic mass is 9.81. The third-order valence-electron chi connectivity index (χ3n) is 5.46. The Morgan fingerprint density at radius 1 is 1.21 bits per heavy atom. The highest BCUT2D eigenvalue weighted by molar-refractivity contribution is 7.93. The fourth-order valence-corrected chi connectivity index (χ4v) is 5.53. The highest BCUT2D eigenvalue weighted by atomic mass is 32.2. The zero-order chi connectivity index (χ0) is 23.4. The Kier molecular flexibility index (Phi) is 7.05. The van der Waals surface area contributed by atoms with E-state index in [2.05, 4.69) is 19.4 Å². The van der Waals surface area contributed by atoms with Crippen LogP contribution >= 0.6 is 11.5 Å². The molecule has 2 heterocycles. The number of rotatable bonds is 8. The second-order valence-corrected chi connectivity index (χ2v) is 9.94. The summed E-state index contributed by atoms with van der Waals surface area (Å²) >= 11 is 0.777. The molecule has 2 aromatic carbocycles. The summed E-state index contributed by atoms with van der Waals surface area (Å²) in [5, 5.41) is 3.25. The number of aromatic nitrogens is 2. The van der Waals surface area contributed by atoms with E-state index in [1.165, 1.54) is 0 Å². The molecular weight excluding hydrogens is 474 g/mol. The Balaban J connectivity index is 1.48. The summed E-state index contributed by atoms with van der Waals surface area (Å²) in [5.74, 6) is -1.51. The lowest BCUT2D eigenvalue weighted by Crippen LogP contribution is -2.38. The molecule has 8 nitrogen and oxygen atoms in total. The monoisotopic (exact) mass is 496 g/mol. The van der Waals surface area contributed by atoms with Crippen LogP contribution in [0.2, 0.25) is 0 Å². The zero-order valence-corrected chi connectivity index (χ0v) is 19.3. The Hall–Kier alpha value is -2.83. The van der Waals surface area contributed by atoms with Gasteiger partial charge in [0.1, 0.15) is 22.8 Å². The molecule has 1 aromatic heterocycles. The molecule has 3 aromatic rings. The number of methoxy groups -OCH3 is 1. The highest BCUT2D eigenvalue weighted by Gasteiger charge is 2.28. The molecule has 1 aliphatic rings. The van der Waals surface area contributed by atoms with Gasteiger partial charge < -0.3 is 14.8 Å². The van der Waals surface area contributed by atoms with Crippen molar-refractivity contribution < 1.29 is 26.7 Å². The minimum atomic E-state index is -4.37. The Morgan fingerprint density at radius 2 is 2.00 bits per heavy atom. The van der Waals surface area contributed by atoms with E-state index >= 15 is 0 Å². The Morgan fingerprint density at radius 3 is 2.70 bits per heavy atom. The van der Waals surface area contributed by atoms with Gasteiger partial charge >= 0.3 is 0 Å². The first-order valence-electron chi connectivity index (χ1n) is 10.1. The van der Waals surface area contributed by atoms with E-state index in [0.717, 1.165) is 48.2 Å². The zero-order valence-electron chi connectivity index (χ0n) is 17.6. The molecule has 1 unspecified atom stereocenters. The van der Waals surface area contributed by atoms with Gasteiger partial charge in [0.2, 0.25) is 5.13 Å². The van der Waals surface area contributed by atoms with Crippen molar-refractivity contribution in [1.82, 2.24) is 14.7 Å². The topological polar surface area (TPSA) is 102 Å². The molecule has 2 atom stereocenters. The summed E-state index contributed by atoms with van der Waals surface area (Å²) in [6.07, 6.45) is 2.02. The Bertz CT molecular complexity index is 1190. The van der Waals surface area contributed by atoms with E-state index in [-0.39, 0.29) is 29.3 Å². The summed E-state index contributed by atoms with van der Waals surface area (Å²) in [5.41, 5.74) is 1.11. The average Bonchev–Trinajstić information content (AvgIpc) is 3.32. The molecule has 33 heavy (non-hydrogen) atoms. The van der Waals surface area contributed by atoms with Crippen LogP contribution < -0.4 is 19.5 Å². The second-order valence-electron chi connectivity index (χ2n) is 7.51. The molecule has 1 fully saturated rings. The standard InChI is InChI=1S/C21H22F2N4O4S2/c1-30-15-4-2-13(3-5-15)16-6-7-24-10-14(16)11-31-19-8-18(23)20(9-17(19)22)33(28,29)27-21-25-12-26-32-21/h2-5,8-9,12,14,16,24H,6-7,10-11H2,1H3,(H,25,26,27)/t14?,16-/m0/s1. The van der Waals surface area contributed by atoms with Gasteiger partial charge in [0.25, 0.3) is 10.0 Å². The van der Waals surface area contributed by atoms with Crippen molar-refractivity contribution in [3.63, 3.8) is 0 Å². The number of anilines is 1. The molecule has 0 amide bonds. The molecule has 12 heteroatoms. The predicted octanol–water partition coefficient (Wildman–Crippen LogP) is 3.40. The first kappa shape index (κ1) is 23.3. The van der Waals surface area contributed by atoms with Crippen molar-refractivity contribution in [1.29, 1.82) is 0 Å². The van der Waals surface area contributed by atoms with Gasteiger partial charge in [-0.05, 0) is 36.6 Å². The number of hydrogen-bond donors (Lipinski definition) is 2. The maximum absolute atomic E-state index is 14.7. The largest absolute Gasteiger partial charge is 0.497 e. The highest BCUT2D eigenvalue weighted by Crippen LogP contribution is 2.33. The van der Waals surface area contributed by atoms with Gasteiger partial charge in [-0.2, -0.15) is 4.37 Å². The third-order valence-corrected chi connectivity index (χ3v) is 7.53.